The number of rotatable bonds is 1. The molecule has 2 aromatic rings. The molecule has 0 radical (unpaired) electrons. The molecule has 0 bridgehead atoms. The van der Waals surface area contributed by atoms with Gasteiger partial charge in [-0.25, -0.2) is 0 Å². The van der Waals surface area contributed by atoms with Crippen molar-refractivity contribution in [2.45, 2.75) is 39.8 Å². The first kappa shape index (κ1) is 12.4. The lowest BCUT2D eigenvalue weighted by molar-refractivity contribution is 0.495. The number of benzene rings is 2. The van der Waals surface area contributed by atoms with Crippen molar-refractivity contribution in [1.82, 2.24) is 5.32 Å². The maximum atomic E-state index is 3.69. The Balaban J connectivity index is 1.99. The molecular weight excluding hydrogens is 230 g/mol. The van der Waals surface area contributed by atoms with Gasteiger partial charge in [-0.05, 0) is 60.6 Å². The van der Waals surface area contributed by atoms with Gasteiger partial charge in [0, 0.05) is 12.6 Å². The van der Waals surface area contributed by atoms with Gasteiger partial charge in [-0.1, -0.05) is 36.4 Å². The fourth-order valence-electron chi connectivity index (χ4n) is 3.17. The lowest BCUT2D eigenvalue weighted by Gasteiger charge is -2.30. The van der Waals surface area contributed by atoms with Crippen molar-refractivity contribution in [2.75, 3.05) is 0 Å². The highest BCUT2D eigenvalue weighted by atomic mass is 14.9. The molecule has 1 aliphatic heterocycles. The third-order valence-corrected chi connectivity index (χ3v) is 4.45. The Morgan fingerprint density at radius 2 is 1.68 bits per heavy atom. The van der Waals surface area contributed by atoms with Crippen LogP contribution in [-0.2, 0) is 13.0 Å². The fourth-order valence-corrected chi connectivity index (χ4v) is 3.17. The summed E-state index contributed by atoms with van der Waals surface area (Å²) in [6.07, 6.45) is 1.10. The van der Waals surface area contributed by atoms with Crippen molar-refractivity contribution < 1.29 is 0 Å². The number of aryl methyl sites for hydroxylation is 2. The molecule has 98 valence electrons. The van der Waals surface area contributed by atoms with Gasteiger partial charge in [-0.15, -0.1) is 0 Å². The van der Waals surface area contributed by atoms with E-state index < -0.39 is 0 Å². The Morgan fingerprint density at radius 3 is 2.42 bits per heavy atom. The predicted octanol–water partition coefficient (Wildman–Crippen LogP) is 4.00. The van der Waals surface area contributed by atoms with Gasteiger partial charge in [0.25, 0.3) is 0 Å². The molecule has 3 rings (SSSR count). The minimum absolute atomic E-state index is 0.453. The van der Waals surface area contributed by atoms with Gasteiger partial charge in [-0.2, -0.15) is 0 Å². The van der Waals surface area contributed by atoms with E-state index in [1.54, 1.807) is 5.56 Å². The van der Waals surface area contributed by atoms with Gasteiger partial charge in [0.15, 0.2) is 0 Å². The number of hydrogen-bond acceptors (Lipinski definition) is 1. The van der Waals surface area contributed by atoms with Crippen LogP contribution in [0.5, 0.6) is 0 Å². The quantitative estimate of drug-likeness (QED) is 0.808. The monoisotopic (exact) mass is 251 g/mol. The van der Waals surface area contributed by atoms with Gasteiger partial charge in [0.2, 0.25) is 0 Å². The molecule has 19 heavy (non-hydrogen) atoms. The van der Waals surface area contributed by atoms with Crippen LogP contribution < -0.4 is 5.32 Å². The van der Waals surface area contributed by atoms with Crippen LogP contribution in [0.15, 0.2) is 36.4 Å². The van der Waals surface area contributed by atoms with Crippen molar-refractivity contribution >= 4 is 0 Å². The normalized spacial score (nSPS) is 18.2. The molecule has 1 aliphatic rings. The van der Waals surface area contributed by atoms with Gasteiger partial charge >= 0.3 is 0 Å². The maximum Gasteiger partial charge on any atom is 0.0364 e. The zero-order valence-corrected chi connectivity index (χ0v) is 12.0. The first-order chi connectivity index (χ1) is 9.16. The standard InChI is InChI=1S/C18H21N/c1-12-9-13(2)16-10-18(15-7-5-4-6-8-15)19-11-17(16)14(12)3/h4-9,18-19H,10-11H2,1-3H3. The largest absolute Gasteiger partial charge is 0.306 e. The molecular formula is C18H21N. The highest BCUT2D eigenvalue weighted by Gasteiger charge is 2.22. The van der Waals surface area contributed by atoms with E-state index >= 15 is 0 Å². The summed E-state index contributed by atoms with van der Waals surface area (Å²) in [7, 11) is 0. The second-order valence-corrected chi connectivity index (χ2v) is 5.64. The van der Waals surface area contributed by atoms with E-state index in [2.05, 4.69) is 62.5 Å². The van der Waals surface area contributed by atoms with Crippen LogP contribution >= 0.6 is 0 Å². The highest BCUT2D eigenvalue weighted by molar-refractivity contribution is 5.47. The number of fused-ring (bicyclic) bond motifs is 1. The minimum Gasteiger partial charge on any atom is -0.306 e. The Morgan fingerprint density at radius 1 is 0.947 bits per heavy atom. The Hall–Kier alpha value is -1.60. The van der Waals surface area contributed by atoms with Crippen LogP contribution in [0.1, 0.15) is 39.4 Å². The molecule has 2 aromatic carbocycles. The summed E-state index contributed by atoms with van der Waals surface area (Å²) < 4.78 is 0. The summed E-state index contributed by atoms with van der Waals surface area (Å²) in [5.74, 6) is 0. The molecule has 0 fully saturated rings. The van der Waals surface area contributed by atoms with Crippen molar-refractivity contribution in [3.8, 4) is 0 Å². The molecule has 1 unspecified atom stereocenters. The van der Waals surface area contributed by atoms with Crippen molar-refractivity contribution in [3.63, 3.8) is 0 Å². The topological polar surface area (TPSA) is 12.0 Å². The molecule has 0 amide bonds. The zero-order chi connectivity index (χ0) is 13.4. The van der Waals surface area contributed by atoms with Crippen molar-refractivity contribution in [3.05, 3.63) is 69.8 Å². The molecule has 1 heteroatoms. The molecule has 0 aromatic heterocycles. The van der Waals surface area contributed by atoms with Gasteiger partial charge in [-0.3, -0.25) is 0 Å². The summed E-state index contributed by atoms with van der Waals surface area (Å²) in [5, 5.41) is 3.69. The van der Waals surface area contributed by atoms with E-state index in [1.165, 1.54) is 27.8 Å². The molecule has 0 saturated heterocycles. The fraction of sp³-hybridized carbons (Fsp3) is 0.333. The van der Waals surface area contributed by atoms with Gasteiger partial charge in [0.05, 0.1) is 0 Å². The van der Waals surface area contributed by atoms with E-state index in [-0.39, 0.29) is 0 Å². The average molecular weight is 251 g/mol. The Labute approximate surface area is 115 Å². The molecule has 1 nitrogen and oxygen atoms in total. The number of nitrogens with one attached hydrogen (secondary N) is 1. The van der Waals surface area contributed by atoms with Crippen molar-refractivity contribution in [2.24, 2.45) is 0 Å². The lowest BCUT2D eigenvalue weighted by Crippen LogP contribution is -2.30. The van der Waals surface area contributed by atoms with E-state index in [9.17, 15) is 0 Å². The Bertz CT molecular complexity index is 599. The molecule has 0 spiro atoms. The van der Waals surface area contributed by atoms with Crippen LogP contribution in [0, 0.1) is 20.8 Å². The smallest absolute Gasteiger partial charge is 0.0364 e. The average Bonchev–Trinajstić information content (AvgIpc) is 2.45. The third-order valence-electron chi connectivity index (χ3n) is 4.45. The highest BCUT2D eigenvalue weighted by Crippen LogP contribution is 2.31. The predicted molar refractivity (Wildman–Crippen MR) is 80.4 cm³/mol. The van der Waals surface area contributed by atoms with Gasteiger partial charge < -0.3 is 5.32 Å². The minimum atomic E-state index is 0.453. The van der Waals surface area contributed by atoms with Crippen LogP contribution in [-0.4, -0.2) is 0 Å². The number of hydrogen-bond donors (Lipinski definition) is 1. The third kappa shape index (κ3) is 2.19. The zero-order valence-electron chi connectivity index (χ0n) is 12.0. The first-order valence-corrected chi connectivity index (χ1v) is 7.03. The summed E-state index contributed by atoms with van der Waals surface area (Å²) >= 11 is 0. The van der Waals surface area contributed by atoms with Crippen LogP contribution in [0.3, 0.4) is 0 Å². The van der Waals surface area contributed by atoms with E-state index in [4.69, 9.17) is 0 Å². The first-order valence-electron chi connectivity index (χ1n) is 7.03. The summed E-state index contributed by atoms with van der Waals surface area (Å²) in [5.41, 5.74) is 8.78. The maximum absolute atomic E-state index is 3.69. The lowest BCUT2D eigenvalue weighted by atomic mass is 9.85. The SMILES string of the molecule is Cc1cc(C)c2c(c1C)CNC(c1ccccc1)C2. The molecule has 0 aliphatic carbocycles. The van der Waals surface area contributed by atoms with Gasteiger partial charge in [0.1, 0.15) is 0 Å². The molecule has 0 saturated carbocycles. The van der Waals surface area contributed by atoms with Crippen LogP contribution in [0.4, 0.5) is 0 Å². The van der Waals surface area contributed by atoms with Crippen LogP contribution in [0.25, 0.3) is 0 Å². The summed E-state index contributed by atoms with van der Waals surface area (Å²) in [4.78, 5) is 0. The van der Waals surface area contributed by atoms with E-state index in [1.807, 2.05) is 0 Å². The summed E-state index contributed by atoms with van der Waals surface area (Å²) in [6.45, 7) is 7.70. The Kier molecular flexibility index (Phi) is 3.16. The second kappa shape index (κ2) is 4.82. The van der Waals surface area contributed by atoms with Crippen molar-refractivity contribution in [1.29, 1.82) is 0 Å². The summed E-state index contributed by atoms with van der Waals surface area (Å²) in [6, 6.07) is 13.6. The van der Waals surface area contributed by atoms with Crippen LogP contribution in [0.2, 0.25) is 0 Å². The molecule has 1 N–H and O–H groups in total. The van der Waals surface area contributed by atoms with E-state index in [0.717, 1.165) is 13.0 Å². The molecule has 1 atom stereocenters. The second-order valence-electron chi connectivity index (χ2n) is 5.64. The molecule has 1 heterocycles. The van der Waals surface area contributed by atoms with E-state index in [0.29, 0.717) is 6.04 Å².